The van der Waals surface area contributed by atoms with Crippen molar-refractivity contribution in [2.24, 2.45) is 0 Å². The van der Waals surface area contributed by atoms with Gasteiger partial charge in [-0.25, -0.2) is 0 Å². The third kappa shape index (κ3) is 2.89. The Bertz CT molecular complexity index is 370. The Hall–Kier alpha value is -1.16. The third-order valence-corrected chi connectivity index (χ3v) is 3.90. The summed E-state index contributed by atoms with van der Waals surface area (Å²) in [4.78, 5) is 11.7. The topological polar surface area (TPSA) is 43.4 Å². The second kappa shape index (κ2) is 5.07. The van der Waals surface area contributed by atoms with Crippen molar-refractivity contribution < 1.29 is 13.7 Å². The lowest BCUT2D eigenvalue weighted by Crippen LogP contribution is -2.19. The smallest absolute Gasteiger partial charge is 0.145 e. The van der Waals surface area contributed by atoms with Gasteiger partial charge in [0.2, 0.25) is 0 Å². The van der Waals surface area contributed by atoms with E-state index in [9.17, 15) is 9.00 Å². The number of ketones is 1. The zero-order chi connectivity index (χ0) is 11.4. The summed E-state index contributed by atoms with van der Waals surface area (Å²) in [6.07, 6.45) is 0. The lowest BCUT2D eigenvalue weighted by molar-refractivity contribution is -0.116. The minimum Gasteiger partial charge on any atom is -0.497 e. The van der Waals surface area contributed by atoms with Gasteiger partial charge in [-0.3, -0.25) is 9.00 Å². The molecular formula is C11H14O3S. The summed E-state index contributed by atoms with van der Waals surface area (Å²) in [5.41, 5.74) is 0. The number of methoxy groups -OCH3 is 1. The molecule has 0 heterocycles. The maximum Gasteiger partial charge on any atom is 0.145 e. The largest absolute Gasteiger partial charge is 0.497 e. The number of ether oxygens (including phenoxy) is 1. The van der Waals surface area contributed by atoms with E-state index < -0.39 is 16.0 Å². The highest BCUT2D eigenvalue weighted by Crippen LogP contribution is 2.16. The molecule has 0 saturated heterocycles. The highest BCUT2D eigenvalue weighted by molar-refractivity contribution is 7.86. The maximum absolute atomic E-state index is 11.8. The summed E-state index contributed by atoms with van der Waals surface area (Å²) in [5, 5.41) is -0.460. The Morgan fingerprint density at radius 1 is 1.33 bits per heavy atom. The molecule has 0 aromatic heterocycles. The summed E-state index contributed by atoms with van der Waals surface area (Å²) >= 11 is 0. The molecule has 0 spiro atoms. The van der Waals surface area contributed by atoms with Gasteiger partial charge in [0.1, 0.15) is 11.5 Å². The van der Waals surface area contributed by atoms with Crippen LogP contribution >= 0.6 is 0 Å². The number of hydrogen-bond donors (Lipinski definition) is 0. The second-order valence-electron chi connectivity index (χ2n) is 3.23. The summed E-state index contributed by atoms with van der Waals surface area (Å²) in [5.74, 6) is 0.648. The number of hydrogen-bond acceptors (Lipinski definition) is 3. The van der Waals surface area contributed by atoms with Gasteiger partial charge < -0.3 is 4.74 Å². The van der Waals surface area contributed by atoms with Crippen LogP contribution < -0.4 is 4.74 Å². The number of carbonyl (C=O) groups excluding carboxylic acids is 1. The molecule has 1 aromatic rings. The van der Waals surface area contributed by atoms with Crippen molar-refractivity contribution >= 4 is 16.6 Å². The van der Waals surface area contributed by atoms with Crippen LogP contribution in [0.2, 0.25) is 0 Å². The third-order valence-electron chi connectivity index (χ3n) is 2.19. The van der Waals surface area contributed by atoms with Crippen LogP contribution in [0.15, 0.2) is 29.2 Å². The molecule has 0 N–H and O–H groups in total. The van der Waals surface area contributed by atoms with E-state index >= 15 is 0 Å². The van der Waals surface area contributed by atoms with Gasteiger partial charge in [-0.15, -0.1) is 0 Å². The SMILES string of the molecule is COc1ccc(S(=O)C(C)C(C)=O)cc1. The molecule has 0 amide bonds. The number of carbonyl (C=O) groups is 1. The van der Waals surface area contributed by atoms with Crippen molar-refractivity contribution in [1.82, 2.24) is 0 Å². The van der Waals surface area contributed by atoms with E-state index in [0.717, 1.165) is 0 Å². The highest BCUT2D eigenvalue weighted by Gasteiger charge is 2.17. The van der Waals surface area contributed by atoms with Gasteiger partial charge in [-0.2, -0.15) is 0 Å². The van der Waals surface area contributed by atoms with Crippen LogP contribution in [0.5, 0.6) is 5.75 Å². The van der Waals surface area contributed by atoms with E-state index in [0.29, 0.717) is 10.6 Å². The normalized spacial score (nSPS) is 14.3. The molecular weight excluding hydrogens is 212 g/mol. The quantitative estimate of drug-likeness (QED) is 0.786. The zero-order valence-electron chi connectivity index (χ0n) is 9.02. The van der Waals surface area contributed by atoms with E-state index in [-0.39, 0.29) is 5.78 Å². The van der Waals surface area contributed by atoms with E-state index in [1.165, 1.54) is 6.92 Å². The van der Waals surface area contributed by atoms with Crippen LogP contribution in [0, 0.1) is 0 Å². The van der Waals surface area contributed by atoms with Gasteiger partial charge >= 0.3 is 0 Å². The molecule has 15 heavy (non-hydrogen) atoms. The summed E-state index contributed by atoms with van der Waals surface area (Å²) < 4.78 is 16.8. The fourth-order valence-corrected chi connectivity index (χ4v) is 2.18. The number of rotatable bonds is 4. The first-order valence-electron chi connectivity index (χ1n) is 4.61. The molecule has 2 atom stereocenters. The molecule has 4 heteroatoms. The Balaban J connectivity index is 2.87. The summed E-state index contributed by atoms with van der Waals surface area (Å²) in [7, 11) is 0.300. The number of Topliss-reactive ketones (excluding diaryl/α,β-unsaturated/α-hetero) is 1. The minimum atomic E-state index is -1.27. The Labute approximate surface area is 91.9 Å². The molecule has 1 aromatic carbocycles. The van der Waals surface area contributed by atoms with Gasteiger partial charge in [0, 0.05) is 4.90 Å². The average Bonchev–Trinajstić information content (AvgIpc) is 2.27. The molecule has 0 fully saturated rings. The fraction of sp³-hybridized carbons (Fsp3) is 0.364. The first-order valence-corrected chi connectivity index (χ1v) is 5.82. The van der Waals surface area contributed by atoms with Gasteiger partial charge in [-0.1, -0.05) is 0 Å². The average molecular weight is 226 g/mol. The summed E-state index contributed by atoms with van der Waals surface area (Å²) in [6.45, 7) is 3.12. The van der Waals surface area contributed by atoms with Crippen LogP contribution in [0.3, 0.4) is 0 Å². The molecule has 0 radical (unpaired) electrons. The van der Waals surface area contributed by atoms with Gasteiger partial charge in [0.15, 0.2) is 0 Å². The molecule has 0 bridgehead atoms. The van der Waals surface area contributed by atoms with Gasteiger partial charge in [0.05, 0.1) is 23.2 Å². The van der Waals surface area contributed by atoms with Crippen molar-refractivity contribution in [2.75, 3.05) is 7.11 Å². The molecule has 2 unspecified atom stereocenters. The molecule has 0 aliphatic heterocycles. The summed E-state index contributed by atoms with van der Waals surface area (Å²) in [6, 6.07) is 6.91. The van der Waals surface area contributed by atoms with Crippen molar-refractivity contribution in [1.29, 1.82) is 0 Å². The zero-order valence-corrected chi connectivity index (χ0v) is 9.84. The van der Waals surface area contributed by atoms with Crippen LogP contribution in [0.25, 0.3) is 0 Å². The molecule has 0 saturated carbocycles. The fourth-order valence-electron chi connectivity index (χ4n) is 1.06. The van der Waals surface area contributed by atoms with Crippen molar-refractivity contribution in [3.63, 3.8) is 0 Å². The second-order valence-corrected chi connectivity index (χ2v) is 5.00. The molecule has 0 aliphatic carbocycles. The lowest BCUT2D eigenvalue weighted by atomic mass is 10.3. The monoisotopic (exact) mass is 226 g/mol. The van der Waals surface area contributed by atoms with Crippen molar-refractivity contribution in [3.05, 3.63) is 24.3 Å². The predicted octanol–water partition coefficient (Wildman–Crippen LogP) is 1.78. The van der Waals surface area contributed by atoms with Crippen molar-refractivity contribution in [3.8, 4) is 5.75 Å². The van der Waals surface area contributed by atoms with Crippen LogP contribution in [0.1, 0.15) is 13.8 Å². The molecule has 3 nitrogen and oxygen atoms in total. The lowest BCUT2D eigenvalue weighted by Gasteiger charge is -2.08. The van der Waals surface area contributed by atoms with Crippen LogP contribution in [-0.4, -0.2) is 22.4 Å². The predicted molar refractivity (Wildman–Crippen MR) is 59.5 cm³/mol. The van der Waals surface area contributed by atoms with E-state index in [4.69, 9.17) is 4.74 Å². The van der Waals surface area contributed by atoms with Gasteiger partial charge in [-0.05, 0) is 38.1 Å². The van der Waals surface area contributed by atoms with E-state index in [2.05, 4.69) is 0 Å². The Kier molecular flexibility index (Phi) is 4.03. The van der Waals surface area contributed by atoms with Crippen LogP contribution in [-0.2, 0) is 15.6 Å². The van der Waals surface area contributed by atoms with Crippen LogP contribution in [0.4, 0.5) is 0 Å². The molecule has 1 rings (SSSR count). The highest BCUT2D eigenvalue weighted by atomic mass is 32.2. The first kappa shape index (κ1) is 11.9. The number of benzene rings is 1. The molecule has 0 aliphatic rings. The Morgan fingerprint density at radius 3 is 2.27 bits per heavy atom. The molecule has 82 valence electrons. The maximum atomic E-state index is 11.8. The van der Waals surface area contributed by atoms with E-state index in [1.54, 1.807) is 38.3 Å². The standard InChI is InChI=1S/C11H14O3S/c1-8(12)9(2)15(13)11-6-4-10(14-3)5-7-11/h4-7,9H,1-3H3. The Morgan fingerprint density at radius 2 is 1.87 bits per heavy atom. The first-order chi connectivity index (χ1) is 7.06. The van der Waals surface area contributed by atoms with Crippen molar-refractivity contribution in [2.45, 2.75) is 24.0 Å². The van der Waals surface area contributed by atoms with Gasteiger partial charge in [0.25, 0.3) is 0 Å². The van der Waals surface area contributed by atoms with E-state index in [1.807, 2.05) is 0 Å². The minimum absolute atomic E-state index is 0.0656.